The number of aryl methyl sites for hydroxylation is 1. The van der Waals surface area contributed by atoms with E-state index >= 15 is 0 Å². The molecular weight excluding hydrogens is 262 g/mol. The van der Waals surface area contributed by atoms with E-state index in [1.165, 1.54) is 0 Å². The van der Waals surface area contributed by atoms with Crippen LogP contribution in [0, 0.1) is 6.92 Å². The molecule has 2 aromatic heterocycles. The maximum Gasteiger partial charge on any atom is 0.185 e. The Morgan fingerprint density at radius 1 is 1.42 bits per heavy atom. The Balaban J connectivity index is 2.21. The molecule has 0 radical (unpaired) electrons. The third-order valence-electron chi connectivity index (χ3n) is 2.84. The minimum atomic E-state index is -1.13. The van der Waals surface area contributed by atoms with Crippen molar-refractivity contribution in [1.82, 2.24) is 14.9 Å². The molecular formula is C13H19N3O2S. The number of aromatic nitrogens is 2. The third-order valence-corrected chi connectivity index (χ3v) is 4.52. The van der Waals surface area contributed by atoms with Crippen molar-refractivity contribution in [3.05, 3.63) is 23.7 Å². The van der Waals surface area contributed by atoms with E-state index in [9.17, 15) is 4.55 Å². The zero-order chi connectivity index (χ0) is 14.2. The van der Waals surface area contributed by atoms with E-state index in [0.29, 0.717) is 5.58 Å². The lowest BCUT2D eigenvalue weighted by molar-refractivity contribution is 0.449. The second-order valence-electron chi connectivity index (χ2n) is 5.59. The number of nitrogens with zero attached hydrogens (tertiary/aromatic N) is 2. The van der Waals surface area contributed by atoms with Crippen LogP contribution < -0.4 is 4.72 Å². The number of hydrogen-bond donors (Lipinski definition) is 1. The molecule has 19 heavy (non-hydrogen) atoms. The van der Waals surface area contributed by atoms with E-state index in [0.717, 1.165) is 16.8 Å². The van der Waals surface area contributed by atoms with Gasteiger partial charge in [-0.25, -0.2) is 0 Å². The molecule has 0 aliphatic carbocycles. The number of nitrogens with one attached hydrogen (secondary N) is 1. The first-order valence-electron chi connectivity index (χ1n) is 6.19. The molecule has 6 heteroatoms. The predicted molar refractivity (Wildman–Crippen MR) is 76.0 cm³/mol. The summed E-state index contributed by atoms with van der Waals surface area (Å²) in [6, 6.07) is 1.83. The van der Waals surface area contributed by atoms with E-state index in [2.05, 4.69) is 14.9 Å². The molecule has 0 saturated carbocycles. The molecule has 0 aliphatic heterocycles. The molecule has 0 bridgehead atoms. The van der Waals surface area contributed by atoms with Gasteiger partial charge in [0.05, 0.1) is 23.6 Å². The van der Waals surface area contributed by atoms with Crippen LogP contribution in [-0.4, -0.2) is 19.4 Å². The van der Waals surface area contributed by atoms with Crippen molar-refractivity contribution in [2.24, 2.45) is 0 Å². The summed E-state index contributed by atoms with van der Waals surface area (Å²) in [4.78, 5) is 4.32. The van der Waals surface area contributed by atoms with Crippen molar-refractivity contribution in [3.63, 3.8) is 0 Å². The van der Waals surface area contributed by atoms with Crippen molar-refractivity contribution < 1.29 is 9.08 Å². The molecule has 2 aromatic rings. The molecule has 0 aliphatic rings. The standard InChI is InChI=1S/C13H19N3O2S/c1-8-10-6-11(14-7-12(10)18-15-8)9(2)16-19(17)13(3,4)5/h6-7,9,16H,1-5H3. The monoisotopic (exact) mass is 281 g/mol. The Bertz CT molecular complexity index is 577. The van der Waals surface area contributed by atoms with E-state index < -0.39 is 11.4 Å². The molecule has 2 heterocycles. The molecule has 0 amide bonds. The maximum atomic E-state index is 12.1. The Labute approximate surface area is 116 Å². The van der Waals surface area contributed by atoms with Crippen LogP contribution in [0.2, 0.25) is 0 Å². The quantitative estimate of drug-likeness (QED) is 0.875. The van der Waals surface area contributed by atoms with Crippen LogP contribution in [0.25, 0.3) is 11.0 Å². The van der Waals surface area contributed by atoms with Gasteiger partial charge in [0.1, 0.15) is 4.75 Å². The van der Waals surface area contributed by atoms with Crippen LogP contribution in [0.15, 0.2) is 16.8 Å². The minimum absolute atomic E-state index is 0.0984. The number of pyridine rings is 1. The summed E-state index contributed by atoms with van der Waals surface area (Å²) < 4.78 is 20.0. The van der Waals surface area contributed by atoms with Gasteiger partial charge in [-0.15, -0.1) is 4.72 Å². The first kappa shape index (κ1) is 14.3. The van der Waals surface area contributed by atoms with Gasteiger partial charge >= 0.3 is 0 Å². The maximum absolute atomic E-state index is 12.1. The molecule has 5 nitrogen and oxygen atoms in total. The normalized spacial score (nSPS) is 15.7. The average molecular weight is 281 g/mol. The van der Waals surface area contributed by atoms with Crippen LogP contribution in [0.1, 0.15) is 45.1 Å². The highest BCUT2D eigenvalue weighted by molar-refractivity contribution is 7.90. The van der Waals surface area contributed by atoms with Gasteiger partial charge in [0.15, 0.2) is 5.58 Å². The van der Waals surface area contributed by atoms with Gasteiger partial charge < -0.3 is 9.08 Å². The summed E-state index contributed by atoms with van der Waals surface area (Å²) in [7, 11) is 0. The van der Waals surface area contributed by atoms with E-state index in [1.54, 1.807) is 6.20 Å². The Kier molecular flexibility index (Phi) is 3.85. The van der Waals surface area contributed by atoms with Crippen molar-refractivity contribution in [2.45, 2.75) is 45.4 Å². The third kappa shape index (κ3) is 3.08. The van der Waals surface area contributed by atoms with Gasteiger partial charge in [0.25, 0.3) is 0 Å². The minimum Gasteiger partial charge on any atom is -0.598 e. The number of fused-ring (bicyclic) bond motifs is 1. The van der Waals surface area contributed by atoms with Crippen LogP contribution in [0.4, 0.5) is 0 Å². The summed E-state index contributed by atoms with van der Waals surface area (Å²) in [6.45, 7) is 9.64. The van der Waals surface area contributed by atoms with Gasteiger partial charge in [0.2, 0.25) is 0 Å². The Morgan fingerprint density at radius 3 is 2.74 bits per heavy atom. The smallest absolute Gasteiger partial charge is 0.185 e. The molecule has 1 N–H and O–H groups in total. The molecule has 0 saturated heterocycles. The summed E-state index contributed by atoms with van der Waals surface area (Å²) in [6.07, 6.45) is 1.66. The van der Waals surface area contributed by atoms with E-state index in [4.69, 9.17) is 4.52 Å². The fourth-order valence-electron chi connectivity index (χ4n) is 1.62. The fourth-order valence-corrected chi connectivity index (χ4v) is 2.41. The van der Waals surface area contributed by atoms with Gasteiger partial charge in [-0.1, -0.05) is 5.16 Å². The highest BCUT2D eigenvalue weighted by Crippen LogP contribution is 2.22. The largest absolute Gasteiger partial charge is 0.598 e. The van der Waals surface area contributed by atoms with Crippen LogP contribution >= 0.6 is 0 Å². The molecule has 104 valence electrons. The van der Waals surface area contributed by atoms with Gasteiger partial charge in [-0.3, -0.25) is 4.98 Å². The molecule has 0 aromatic carbocycles. The second-order valence-corrected chi connectivity index (χ2v) is 7.59. The summed E-state index contributed by atoms with van der Waals surface area (Å²) in [5.74, 6) is 0. The summed E-state index contributed by atoms with van der Waals surface area (Å²) in [5, 5.41) is 4.85. The predicted octanol–water partition coefficient (Wildman–Crippen LogP) is 2.64. The zero-order valence-electron chi connectivity index (χ0n) is 11.9. The zero-order valence-corrected chi connectivity index (χ0v) is 12.7. The summed E-state index contributed by atoms with van der Waals surface area (Å²) >= 11 is -1.13. The first-order valence-corrected chi connectivity index (χ1v) is 7.34. The van der Waals surface area contributed by atoms with Crippen molar-refractivity contribution in [3.8, 4) is 0 Å². The van der Waals surface area contributed by atoms with E-state index in [1.807, 2.05) is 40.7 Å². The molecule has 2 rings (SSSR count). The highest BCUT2D eigenvalue weighted by atomic mass is 32.2. The van der Waals surface area contributed by atoms with Crippen molar-refractivity contribution in [1.29, 1.82) is 0 Å². The molecule has 0 spiro atoms. The Hall–Kier alpha value is -1.11. The summed E-state index contributed by atoms with van der Waals surface area (Å²) in [5.41, 5.74) is 2.34. The number of rotatable bonds is 3. The van der Waals surface area contributed by atoms with Crippen molar-refractivity contribution in [2.75, 3.05) is 0 Å². The average Bonchev–Trinajstić information content (AvgIpc) is 2.69. The Morgan fingerprint density at radius 2 is 2.11 bits per heavy atom. The molecule has 2 atom stereocenters. The van der Waals surface area contributed by atoms with Gasteiger partial charge in [0, 0.05) is 16.7 Å². The lowest BCUT2D eigenvalue weighted by atomic mass is 10.1. The second kappa shape index (κ2) is 5.11. The number of hydrogen-bond acceptors (Lipinski definition) is 5. The first-order chi connectivity index (χ1) is 8.79. The van der Waals surface area contributed by atoms with Crippen LogP contribution in [0.3, 0.4) is 0 Å². The highest BCUT2D eigenvalue weighted by Gasteiger charge is 2.28. The molecule has 0 fully saturated rings. The topological polar surface area (TPSA) is 74.0 Å². The lowest BCUT2D eigenvalue weighted by Gasteiger charge is -2.26. The van der Waals surface area contributed by atoms with Crippen molar-refractivity contribution >= 4 is 22.3 Å². The van der Waals surface area contributed by atoms with Gasteiger partial charge in [-0.2, -0.15) is 0 Å². The van der Waals surface area contributed by atoms with Gasteiger partial charge in [-0.05, 0) is 40.7 Å². The molecule has 2 unspecified atom stereocenters. The SMILES string of the molecule is Cc1noc2cnc(C(C)N[S+]([O-])C(C)(C)C)cc12. The van der Waals surface area contributed by atoms with Crippen LogP contribution in [0.5, 0.6) is 0 Å². The van der Waals surface area contributed by atoms with E-state index in [-0.39, 0.29) is 10.8 Å². The lowest BCUT2D eigenvalue weighted by Crippen LogP contribution is -2.40. The van der Waals surface area contributed by atoms with Crippen LogP contribution in [-0.2, 0) is 11.4 Å². The fraction of sp³-hybridized carbons (Fsp3) is 0.538.